The lowest BCUT2D eigenvalue weighted by Crippen LogP contribution is -2.58. The summed E-state index contributed by atoms with van der Waals surface area (Å²) in [5, 5.41) is 0. The molecule has 22 heavy (non-hydrogen) atoms. The molecule has 0 aromatic rings. The third kappa shape index (κ3) is 9.37. The van der Waals surface area contributed by atoms with Crippen LogP contribution in [0.15, 0.2) is 0 Å². The highest BCUT2D eigenvalue weighted by Gasteiger charge is 2.39. The fraction of sp³-hybridized carbons (Fsp3) is 1.00. The SMILES string of the molecule is CC(C)C[Si](CC(C)C)(CC(C)C)N([SiH2]CC[SiH3])[SiH2]CC[SiH3]. The van der Waals surface area contributed by atoms with E-state index in [0.717, 1.165) is 17.8 Å². The zero-order valence-electron chi connectivity index (χ0n) is 17.0. The van der Waals surface area contributed by atoms with Crippen molar-refractivity contribution < 1.29 is 0 Å². The molecule has 134 valence electrons. The Kier molecular flexibility index (Phi) is 13.0. The van der Waals surface area contributed by atoms with Crippen LogP contribution in [0, 0.1) is 17.8 Å². The molecule has 1 nitrogen and oxygen atoms in total. The second kappa shape index (κ2) is 12.4. The van der Waals surface area contributed by atoms with Crippen LogP contribution < -0.4 is 0 Å². The van der Waals surface area contributed by atoms with Crippen LogP contribution in [0.5, 0.6) is 0 Å². The molecule has 0 aromatic carbocycles. The fourth-order valence-electron chi connectivity index (χ4n) is 4.20. The summed E-state index contributed by atoms with van der Waals surface area (Å²) >= 11 is 0. The molecule has 0 aliphatic rings. The van der Waals surface area contributed by atoms with E-state index >= 15 is 0 Å². The van der Waals surface area contributed by atoms with Crippen molar-refractivity contribution in [3.8, 4) is 0 Å². The molecule has 0 aliphatic heterocycles. The molecular weight excluding hydrogens is 347 g/mol. The van der Waals surface area contributed by atoms with Crippen molar-refractivity contribution in [1.29, 1.82) is 0 Å². The third-order valence-corrected chi connectivity index (χ3v) is 25.3. The van der Waals surface area contributed by atoms with Crippen molar-refractivity contribution in [3.63, 3.8) is 0 Å². The Morgan fingerprint density at radius 3 is 1.27 bits per heavy atom. The number of nitrogens with zero attached hydrogens (tertiary/aromatic N) is 1. The molecule has 0 saturated heterocycles. The van der Waals surface area contributed by atoms with Crippen LogP contribution >= 0.6 is 0 Å². The van der Waals surface area contributed by atoms with Crippen LogP contribution in [0.25, 0.3) is 0 Å². The highest BCUT2D eigenvalue weighted by molar-refractivity contribution is 6.89. The van der Waals surface area contributed by atoms with E-state index < -0.39 is 8.24 Å². The Balaban J connectivity index is 5.43. The van der Waals surface area contributed by atoms with Gasteiger partial charge in [-0.2, -0.15) is 0 Å². The average molecular weight is 392 g/mol. The summed E-state index contributed by atoms with van der Waals surface area (Å²) in [5.74, 6) is 2.71. The molecule has 0 spiro atoms. The van der Waals surface area contributed by atoms with Crippen LogP contribution in [0.1, 0.15) is 41.5 Å². The molecule has 0 heterocycles. The highest BCUT2D eigenvalue weighted by atomic mass is 28.4. The van der Waals surface area contributed by atoms with E-state index in [2.05, 4.69) is 45.4 Å². The van der Waals surface area contributed by atoms with Gasteiger partial charge in [-0.15, -0.1) is 0 Å². The molecule has 0 amide bonds. The molecule has 0 aromatic heterocycles. The van der Waals surface area contributed by atoms with E-state index in [0.29, 0.717) is 0 Å². The van der Waals surface area contributed by atoms with E-state index in [-0.39, 0.29) is 19.4 Å². The van der Waals surface area contributed by atoms with Crippen LogP contribution in [-0.2, 0) is 0 Å². The van der Waals surface area contributed by atoms with Gasteiger partial charge in [0.15, 0.2) is 0 Å². The van der Waals surface area contributed by atoms with Gasteiger partial charge in [0.2, 0.25) is 0 Å². The van der Waals surface area contributed by atoms with Gasteiger partial charge in [-0.3, -0.25) is 0 Å². The van der Waals surface area contributed by atoms with Crippen molar-refractivity contribution in [2.75, 3.05) is 0 Å². The lowest BCUT2D eigenvalue weighted by molar-refractivity contribution is 0.613. The smallest absolute Gasteiger partial charge is 0.115 e. The number of rotatable bonds is 13. The molecule has 0 unspecified atom stereocenters. The minimum absolute atomic E-state index is 0.0789. The van der Waals surface area contributed by atoms with Gasteiger partial charge in [0.1, 0.15) is 8.24 Å². The molecule has 0 radical (unpaired) electrons. The summed E-state index contributed by atoms with van der Waals surface area (Å²) in [6.45, 7) is 14.9. The Morgan fingerprint density at radius 2 is 1.05 bits per heavy atom. The maximum atomic E-state index is 3.36. The zero-order chi connectivity index (χ0) is 17.2. The normalized spacial score (nSPS) is 14.5. The maximum absolute atomic E-state index is 3.36. The molecule has 0 atom stereocenters. The van der Waals surface area contributed by atoms with Gasteiger partial charge in [0.25, 0.3) is 0 Å². The second-order valence-corrected chi connectivity index (χ2v) is 21.0. The van der Waals surface area contributed by atoms with E-state index in [4.69, 9.17) is 0 Å². The minimum atomic E-state index is -1.20. The largest absolute Gasteiger partial charge is 0.377 e. The average Bonchev–Trinajstić information content (AvgIpc) is 2.35. The number of hydrogen-bond donors (Lipinski definition) is 0. The van der Waals surface area contributed by atoms with E-state index in [1.807, 2.05) is 0 Å². The van der Waals surface area contributed by atoms with Gasteiger partial charge >= 0.3 is 0 Å². The van der Waals surface area contributed by atoms with Crippen molar-refractivity contribution >= 4 is 48.1 Å². The minimum Gasteiger partial charge on any atom is -0.377 e. The predicted molar refractivity (Wildman–Crippen MR) is 123 cm³/mol. The van der Waals surface area contributed by atoms with Crippen LogP contribution in [0.2, 0.25) is 42.3 Å². The van der Waals surface area contributed by atoms with Gasteiger partial charge in [0, 0.05) is 20.5 Å². The summed E-state index contributed by atoms with van der Waals surface area (Å²) in [7, 11) is 1.81. The molecular formula is C16H45NSi5. The van der Waals surface area contributed by atoms with Crippen molar-refractivity contribution in [2.24, 2.45) is 17.8 Å². The van der Waals surface area contributed by atoms with E-state index in [9.17, 15) is 0 Å². The summed E-state index contributed by atoms with van der Waals surface area (Å²) in [6.07, 6.45) is 0. The highest BCUT2D eigenvalue weighted by Crippen LogP contribution is 2.34. The predicted octanol–water partition coefficient (Wildman–Crippen LogP) is 1.77. The first-order valence-corrected chi connectivity index (χ1v) is 18.7. The molecule has 6 heteroatoms. The fourth-order valence-corrected chi connectivity index (χ4v) is 22.6. The van der Waals surface area contributed by atoms with Gasteiger partial charge < -0.3 is 3.90 Å². The zero-order valence-corrected chi connectivity index (χ0v) is 24.9. The first-order chi connectivity index (χ1) is 10.3. The molecule has 0 bridgehead atoms. The van der Waals surface area contributed by atoms with E-state index in [1.165, 1.54) is 20.5 Å². The lowest BCUT2D eigenvalue weighted by Gasteiger charge is -2.46. The third-order valence-electron chi connectivity index (χ3n) is 4.60. The van der Waals surface area contributed by atoms with Crippen molar-refractivity contribution in [3.05, 3.63) is 0 Å². The van der Waals surface area contributed by atoms with Gasteiger partial charge in [-0.1, -0.05) is 65.7 Å². The lowest BCUT2D eigenvalue weighted by atomic mass is 10.2. The van der Waals surface area contributed by atoms with Gasteiger partial charge in [0.05, 0.1) is 19.4 Å². The molecule has 0 aliphatic carbocycles. The Bertz CT molecular complexity index is 237. The molecule has 0 rings (SSSR count). The van der Waals surface area contributed by atoms with Crippen molar-refractivity contribution in [2.45, 2.75) is 83.9 Å². The summed E-state index contributed by atoms with van der Waals surface area (Å²) in [4.78, 5) is 0. The van der Waals surface area contributed by atoms with Gasteiger partial charge in [-0.05, 0) is 35.9 Å². The molecule has 0 N–H and O–H groups in total. The standard InChI is InChI=1S/C16H45NSi5/c1-14(2)11-22(12-15(3)4,13-16(5)6)17(20-9-7-18)21-10-8-19/h14-16H,7-13,20-21H2,1-6,18-19H3. The Morgan fingerprint density at radius 1 is 0.727 bits per heavy atom. The Labute approximate surface area is 153 Å². The summed E-state index contributed by atoms with van der Waals surface area (Å²) < 4.78 is 3.36. The van der Waals surface area contributed by atoms with Crippen LogP contribution in [-0.4, -0.2) is 52.0 Å². The van der Waals surface area contributed by atoms with Gasteiger partial charge in [-0.25, -0.2) is 0 Å². The van der Waals surface area contributed by atoms with Crippen molar-refractivity contribution in [1.82, 2.24) is 3.90 Å². The van der Waals surface area contributed by atoms with Crippen LogP contribution in [0.4, 0.5) is 0 Å². The monoisotopic (exact) mass is 391 g/mol. The first-order valence-electron chi connectivity index (χ1n) is 10.0. The first kappa shape index (κ1) is 23.0. The topological polar surface area (TPSA) is 3.24 Å². The number of hydrogen-bond acceptors (Lipinski definition) is 1. The van der Waals surface area contributed by atoms with Crippen LogP contribution in [0.3, 0.4) is 0 Å². The molecule has 0 saturated carbocycles. The molecule has 0 fully saturated rings. The second-order valence-electron chi connectivity index (χ2n) is 8.71. The van der Waals surface area contributed by atoms with E-state index in [1.54, 1.807) is 42.3 Å². The summed E-state index contributed by atoms with van der Waals surface area (Å²) in [5.41, 5.74) is 0. The quantitative estimate of drug-likeness (QED) is 0.432. The maximum Gasteiger partial charge on any atom is 0.115 e. The Hall–Kier alpha value is 1.04. The summed E-state index contributed by atoms with van der Waals surface area (Å²) in [6, 6.07) is 11.1.